The van der Waals surface area contributed by atoms with Crippen molar-refractivity contribution >= 4 is 0 Å². The number of nitrogens with one attached hydrogen (secondary N) is 1. The summed E-state index contributed by atoms with van der Waals surface area (Å²) in [5.41, 5.74) is 4.74. The van der Waals surface area contributed by atoms with Crippen LogP contribution >= 0.6 is 0 Å². The third-order valence-electron chi connectivity index (χ3n) is 2.41. The first-order valence-electron chi connectivity index (χ1n) is 4.87. The first kappa shape index (κ1) is 12.5. The molecule has 2 rings (SSSR count). The quantitative estimate of drug-likeness (QED) is 0.811. The molecule has 4 nitrogen and oxygen atoms in total. The molecule has 0 saturated heterocycles. The molecule has 0 aliphatic carbocycles. The third-order valence-corrected chi connectivity index (χ3v) is 2.41. The van der Waals surface area contributed by atoms with Gasteiger partial charge >= 0.3 is 6.18 Å². The second-order valence-electron chi connectivity index (χ2n) is 3.61. The lowest BCUT2D eigenvalue weighted by molar-refractivity contribution is -0.140. The van der Waals surface area contributed by atoms with Crippen molar-refractivity contribution in [3.63, 3.8) is 0 Å². The van der Waals surface area contributed by atoms with E-state index in [1.165, 1.54) is 12.3 Å². The summed E-state index contributed by atoms with van der Waals surface area (Å²) in [5, 5.41) is 9.48. The minimum absolute atomic E-state index is 0.109. The van der Waals surface area contributed by atoms with Crippen molar-refractivity contribution < 1.29 is 17.6 Å². The predicted octanol–water partition coefficient (Wildman–Crippen LogP) is 2.01. The largest absolute Gasteiger partial charge is 0.419 e. The maximum absolute atomic E-state index is 13.1. The number of halogens is 4. The number of hydrogen-bond acceptors (Lipinski definition) is 3. The smallest absolute Gasteiger partial charge is 0.319 e. The fraction of sp³-hybridized carbons (Fsp3) is 0.200. The van der Waals surface area contributed by atoms with Crippen molar-refractivity contribution in [2.45, 2.75) is 12.2 Å². The molecule has 3 N–H and O–H groups in total. The van der Waals surface area contributed by atoms with Crippen LogP contribution in [0.1, 0.15) is 22.9 Å². The zero-order valence-electron chi connectivity index (χ0n) is 8.87. The molecule has 1 unspecified atom stereocenters. The van der Waals surface area contributed by atoms with E-state index in [0.717, 1.165) is 6.07 Å². The highest BCUT2D eigenvalue weighted by molar-refractivity contribution is 5.32. The van der Waals surface area contributed by atoms with Gasteiger partial charge in [-0.2, -0.15) is 28.6 Å². The minimum atomic E-state index is -4.76. The first-order chi connectivity index (χ1) is 8.39. The van der Waals surface area contributed by atoms with Crippen molar-refractivity contribution in [1.29, 1.82) is 0 Å². The summed E-state index contributed by atoms with van der Waals surface area (Å²) in [6.45, 7) is 0. The van der Waals surface area contributed by atoms with E-state index in [1.54, 1.807) is 0 Å². The average Bonchev–Trinajstić information content (AvgIpc) is 2.80. The second-order valence-corrected chi connectivity index (χ2v) is 3.61. The van der Waals surface area contributed by atoms with Gasteiger partial charge in [-0.15, -0.1) is 0 Å². The van der Waals surface area contributed by atoms with Crippen LogP contribution in [0.15, 0.2) is 24.4 Å². The molecule has 1 aromatic heterocycles. The zero-order chi connectivity index (χ0) is 13.3. The lowest BCUT2D eigenvalue weighted by Crippen LogP contribution is -2.15. The summed E-state index contributed by atoms with van der Waals surface area (Å²) in [6.07, 6.45) is -3.47. The summed E-state index contributed by atoms with van der Waals surface area (Å²) >= 11 is 0. The van der Waals surface area contributed by atoms with Crippen LogP contribution in [-0.4, -0.2) is 15.4 Å². The van der Waals surface area contributed by atoms with Crippen molar-refractivity contribution in [2.24, 2.45) is 5.73 Å². The maximum atomic E-state index is 13.1. The molecule has 0 fully saturated rings. The highest BCUT2D eigenvalue weighted by Gasteiger charge is 2.34. The van der Waals surface area contributed by atoms with Gasteiger partial charge in [0.1, 0.15) is 11.5 Å². The Labute approximate surface area is 98.8 Å². The molecule has 0 spiro atoms. The van der Waals surface area contributed by atoms with Crippen molar-refractivity contribution in [3.8, 4) is 0 Å². The molecule has 18 heavy (non-hydrogen) atoms. The summed E-state index contributed by atoms with van der Waals surface area (Å²) in [4.78, 5) is 0. The summed E-state index contributed by atoms with van der Waals surface area (Å²) in [5.74, 6) is -1.33. The van der Waals surface area contributed by atoms with E-state index in [1.807, 2.05) is 0 Å². The summed E-state index contributed by atoms with van der Waals surface area (Å²) in [6, 6.07) is 1.70. The Bertz CT molecular complexity index is 535. The third kappa shape index (κ3) is 2.33. The van der Waals surface area contributed by atoms with Crippen LogP contribution in [0.3, 0.4) is 0 Å². The minimum Gasteiger partial charge on any atom is -0.319 e. The van der Waals surface area contributed by atoms with Gasteiger partial charge in [0.15, 0.2) is 0 Å². The molecule has 1 heterocycles. The average molecular weight is 260 g/mol. The van der Waals surface area contributed by atoms with E-state index in [2.05, 4.69) is 15.4 Å². The van der Waals surface area contributed by atoms with Gasteiger partial charge in [-0.3, -0.25) is 0 Å². The Morgan fingerprint density at radius 1 is 1.28 bits per heavy atom. The molecule has 0 aliphatic rings. The van der Waals surface area contributed by atoms with Crippen molar-refractivity contribution in [1.82, 2.24) is 15.4 Å². The Kier molecular flexibility index (Phi) is 3.04. The number of aromatic nitrogens is 3. The molecule has 0 saturated carbocycles. The van der Waals surface area contributed by atoms with Crippen molar-refractivity contribution in [2.75, 3.05) is 0 Å². The van der Waals surface area contributed by atoms with Gasteiger partial charge in [0.2, 0.25) is 0 Å². The fourth-order valence-electron chi connectivity index (χ4n) is 1.48. The molecule has 96 valence electrons. The van der Waals surface area contributed by atoms with Gasteiger partial charge in [0, 0.05) is 0 Å². The highest BCUT2D eigenvalue weighted by Crippen LogP contribution is 2.33. The molecule has 1 atom stereocenters. The topological polar surface area (TPSA) is 67.6 Å². The number of alkyl halides is 3. The van der Waals surface area contributed by atoms with E-state index in [0.29, 0.717) is 6.07 Å². The van der Waals surface area contributed by atoms with Gasteiger partial charge in [0.25, 0.3) is 0 Å². The number of hydrogen-bond donors (Lipinski definition) is 2. The number of nitrogens with zero attached hydrogens (tertiary/aromatic N) is 2. The predicted molar refractivity (Wildman–Crippen MR) is 53.8 cm³/mol. The highest BCUT2D eigenvalue weighted by atomic mass is 19.4. The fourth-order valence-corrected chi connectivity index (χ4v) is 1.48. The number of rotatable bonds is 2. The van der Waals surface area contributed by atoms with Gasteiger partial charge in [-0.25, -0.2) is 4.39 Å². The lowest BCUT2D eigenvalue weighted by Gasteiger charge is -2.13. The summed E-state index contributed by atoms with van der Waals surface area (Å²) < 4.78 is 50.6. The molecular formula is C10H8F4N4. The first-order valence-corrected chi connectivity index (χ1v) is 4.87. The maximum Gasteiger partial charge on any atom is 0.419 e. The van der Waals surface area contributed by atoms with E-state index in [-0.39, 0.29) is 11.3 Å². The zero-order valence-corrected chi connectivity index (χ0v) is 8.87. The SMILES string of the molecule is NC(c1ccc(F)c(C(F)(F)F)c1)c1cn[nH]n1. The molecule has 0 amide bonds. The Balaban J connectivity index is 2.42. The Hall–Kier alpha value is -1.96. The van der Waals surface area contributed by atoms with Crippen LogP contribution in [0.4, 0.5) is 17.6 Å². The summed E-state index contributed by atoms with van der Waals surface area (Å²) in [7, 11) is 0. The molecule has 0 radical (unpaired) electrons. The van der Waals surface area contributed by atoms with E-state index < -0.39 is 23.6 Å². The number of H-pyrrole nitrogens is 1. The lowest BCUT2D eigenvalue weighted by atomic mass is 10.0. The molecule has 0 bridgehead atoms. The van der Waals surface area contributed by atoms with Crippen LogP contribution in [0.2, 0.25) is 0 Å². The Morgan fingerprint density at radius 3 is 2.56 bits per heavy atom. The van der Waals surface area contributed by atoms with Gasteiger partial charge in [-0.05, 0) is 17.7 Å². The second kappa shape index (κ2) is 4.37. The van der Waals surface area contributed by atoms with Crippen LogP contribution in [0.25, 0.3) is 0 Å². The standard InChI is InChI=1S/C10H8F4N4/c11-7-2-1-5(3-6(7)10(12,13)14)9(15)8-4-16-18-17-8/h1-4,9H,15H2,(H,16,17,18). The van der Waals surface area contributed by atoms with Crippen LogP contribution in [0.5, 0.6) is 0 Å². The molecule has 2 aromatic rings. The Morgan fingerprint density at radius 2 is 2.00 bits per heavy atom. The number of benzene rings is 1. The van der Waals surface area contributed by atoms with Gasteiger partial charge in [-0.1, -0.05) is 6.07 Å². The molecular weight excluding hydrogens is 252 g/mol. The number of aromatic amines is 1. The van der Waals surface area contributed by atoms with Gasteiger partial charge in [0.05, 0.1) is 17.8 Å². The molecule has 8 heteroatoms. The van der Waals surface area contributed by atoms with E-state index >= 15 is 0 Å². The van der Waals surface area contributed by atoms with E-state index in [4.69, 9.17) is 5.73 Å². The van der Waals surface area contributed by atoms with Crippen LogP contribution in [0, 0.1) is 5.82 Å². The molecule has 0 aliphatic heterocycles. The van der Waals surface area contributed by atoms with Gasteiger partial charge < -0.3 is 5.73 Å². The van der Waals surface area contributed by atoms with Crippen LogP contribution in [-0.2, 0) is 6.18 Å². The normalized spacial score (nSPS) is 13.6. The van der Waals surface area contributed by atoms with E-state index in [9.17, 15) is 17.6 Å². The van der Waals surface area contributed by atoms with Crippen molar-refractivity contribution in [3.05, 3.63) is 47.0 Å². The van der Waals surface area contributed by atoms with Crippen LogP contribution < -0.4 is 5.73 Å². The molecule has 1 aromatic carbocycles. The number of nitrogens with two attached hydrogens (primary N) is 1. The monoisotopic (exact) mass is 260 g/mol.